The normalized spacial score (nSPS) is 28.7. The molecule has 3 aliphatic rings. The van der Waals surface area contributed by atoms with Crippen molar-refractivity contribution in [3.63, 3.8) is 0 Å². The topological polar surface area (TPSA) is 57.7 Å². The van der Waals surface area contributed by atoms with Crippen LogP contribution in [-0.2, 0) is 14.8 Å². The molecule has 0 bridgehead atoms. The van der Waals surface area contributed by atoms with Crippen molar-refractivity contribution in [3.8, 4) is 0 Å². The van der Waals surface area contributed by atoms with Crippen LogP contribution in [0.25, 0.3) is 0 Å². The Hall–Kier alpha value is -0.620. The van der Waals surface area contributed by atoms with Gasteiger partial charge in [0.05, 0.1) is 12.2 Å². The van der Waals surface area contributed by atoms with Crippen LogP contribution in [0.1, 0.15) is 51.4 Å². The molecule has 3 rings (SSSR count). The van der Waals surface area contributed by atoms with Gasteiger partial charge in [-0.2, -0.15) is 0 Å². The van der Waals surface area contributed by atoms with E-state index in [0.717, 1.165) is 38.5 Å². The molecule has 1 atom stereocenters. The Morgan fingerprint density at radius 2 is 1.62 bits per heavy atom. The highest BCUT2D eigenvalue weighted by molar-refractivity contribution is 7.88. The van der Waals surface area contributed by atoms with Crippen LogP contribution < -0.4 is 0 Å². The van der Waals surface area contributed by atoms with Crippen LogP contribution in [0, 0.1) is 5.92 Å². The first-order chi connectivity index (χ1) is 9.97. The van der Waals surface area contributed by atoms with E-state index in [1.807, 2.05) is 0 Å². The molecule has 1 unspecified atom stereocenters. The Morgan fingerprint density at radius 1 is 1.00 bits per heavy atom. The molecule has 0 aromatic heterocycles. The Morgan fingerprint density at radius 3 is 2.19 bits per heavy atom. The van der Waals surface area contributed by atoms with Gasteiger partial charge in [0.1, 0.15) is 0 Å². The summed E-state index contributed by atoms with van der Waals surface area (Å²) in [6, 6.07) is 0.854. The van der Waals surface area contributed by atoms with Crippen molar-refractivity contribution in [3.05, 3.63) is 0 Å². The fourth-order valence-electron chi connectivity index (χ4n) is 3.85. The quantitative estimate of drug-likeness (QED) is 0.792. The van der Waals surface area contributed by atoms with E-state index in [4.69, 9.17) is 0 Å². The first kappa shape index (κ1) is 15.3. The third-order valence-electron chi connectivity index (χ3n) is 5.12. The Kier molecular flexibility index (Phi) is 4.28. The maximum absolute atomic E-state index is 12.9. The molecular formula is C15H26N2O3S. The highest BCUT2D eigenvalue weighted by Gasteiger charge is 2.42. The van der Waals surface area contributed by atoms with Crippen molar-refractivity contribution >= 4 is 15.9 Å². The Labute approximate surface area is 127 Å². The van der Waals surface area contributed by atoms with Crippen LogP contribution in [0.2, 0.25) is 0 Å². The first-order valence-electron chi connectivity index (χ1n) is 8.24. The van der Waals surface area contributed by atoms with Crippen LogP contribution >= 0.6 is 0 Å². The molecule has 2 saturated carbocycles. The zero-order valence-corrected chi connectivity index (χ0v) is 13.6. The van der Waals surface area contributed by atoms with E-state index in [1.54, 1.807) is 0 Å². The highest BCUT2D eigenvalue weighted by atomic mass is 32.2. The van der Waals surface area contributed by atoms with Gasteiger partial charge in [-0.3, -0.25) is 4.79 Å². The molecule has 0 spiro atoms. The molecule has 1 saturated heterocycles. The van der Waals surface area contributed by atoms with Crippen molar-refractivity contribution in [1.29, 1.82) is 0 Å². The number of sulfonamides is 1. The highest BCUT2D eigenvalue weighted by Crippen LogP contribution is 2.36. The molecule has 1 heterocycles. The third-order valence-corrected chi connectivity index (χ3v) is 6.38. The molecule has 1 amide bonds. The van der Waals surface area contributed by atoms with E-state index in [9.17, 15) is 13.2 Å². The first-order valence-corrected chi connectivity index (χ1v) is 10.1. The molecule has 120 valence electrons. The van der Waals surface area contributed by atoms with E-state index in [2.05, 4.69) is 4.90 Å². The summed E-state index contributed by atoms with van der Waals surface area (Å²) in [6.45, 7) is 0.947. The number of amides is 1. The average Bonchev–Trinajstić information content (AvgIpc) is 3.13. The molecule has 6 heteroatoms. The van der Waals surface area contributed by atoms with Gasteiger partial charge in [0, 0.05) is 25.2 Å². The fourth-order valence-corrected chi connectivity index (χ4v) is 4.76. The zero-order valence-electron chi connectivity index (χ0n) is 12.8. The van der Waals surface area contributed by atoms with Crippen LogP contribution in [0.3, 0.4) is 0 Å². The lowest BCUT2D eigenvalue weighted by Gasteiger charge is -2.36. The largest absolute Gasteiger partial charge is 0.336 e. The molecule has 2 aliphatic carbocycles. The smallest absolute Gasteiger partial charge is 0.227 e. The van der Waals surface area contributed by atoms with Crippen LogP contribution in [0.5, 0.6) is 0 Å². The molecule has 0 radical (unpaired) electrons. The minimum Gasteiger partial charge on any atom is -0.336 e. The van der Waals surface area contributed by atoms with Crippen molar-refractivity contribution in [2.75, 3.05) is 19.3 Å². The summed E-state index contributed by atoms with van der Waals surface area (Å²) in [6.07, 6.45) is 9.84. The van der Waals surface area contributed by atoms with Gasteiger partial charge in [0.25, 0.3) is 0 Å². The van der Waals surface area contributed by atoms with Crippen molar-refractivity contribution in [1.82, 2.24) is 9.21 Å². The molecule has 0 N–H and O–H groups in total. The second-order valence-corrected chi connectivity index (χ2v) is 8.86. The molecule has 0 aromatic rings. The van der Waals surface area contributed by atoms with Crippen LogP contribution in [0.15, 0.2) is 0 Å². The summed E-state index contributed by atoms with van der Waals surface area (Å²) < 4.78 is 24.9. The number of rotatable bonds is 4. The second-order valence-electron chi connectivity index (χ2n) is 6.88. The van der Waals surface area contributed by atoms with Gasteiger partial charge in [0.15, 0.2) is 0 Å². The van der Waals surface area contributed by atoms with Gasteiger partial charge in [-0.1, -0.05) is 12.8 Å². The summed E-state index contributed by atoms with van der Waals surface area (Å²) >= 11 is 0. The molecular weight excluding hydrogens is 288 g/mol. The number of carbonyl (C=O) groups is 1. The molecule has 3 fully saturated rings. The minimum atomic E-state index is -3.18. The average molecular weight is 314 g/mol. The number of hydrogen-bond acceptors (Lipinski definition) is 3. The van der Waals surface area contributed by atoms with E-state index in [0.29, 0.717) is 25.2 Å². The predicted octanol–water partition coefficient (Wildman–Crippen LogP) is 1.59. The fraction of sp³-hybridized carbons (Fsp3) is 0.933. The lowest BCUT2D eigenvalue weighted by atomic mass is 9.97. The van der Waals surface area contributed by atoms with Crippen molar-refractivity contribution < 1.29 is 13.2 Å². The number of piperidine rings is 1. The SMILES string of the molecule is CS(=O)(=O)N1CCCC(C(=O)N(C2CCCC2)C2CC2)C1. The molecule has 0 aromatic carbocycles. The second kappa shape index (κ2) is 5.88. The maximum atomic E-state index is 12.9. The molecule has 21 heavy (non-hydrogen) atoms. The molecule has 1 aliphatic heterocycles. The summed E-state index contributed by atoms with van der Waals surface area (Å²) in [5.74, 6) is 0.0902. The number of hydrogen-bond donors (Lipinski definition) is 0. The van der Waals surface area contributed by atoms with Gasteiger partial charge >= 0.3 is 0 Å². The van der Waals surface area contributed by atoms with Gasteiger partial charge in [-0.25, -0.2) is 12.7 Å². The lowest BCUT2D eigenvalue weighted by molar-refractivity contribution is -0.139. The van der Waals surface area contributed by atoms with Gasteiger partial charge < -0.3 is 4.90 Å². The predicted molar refractivity (Wildman–Crippen MR) is 81.3 cm³/mol. The van der Waals surface area contributed by atoms with E-state index < -0.39 is 10.0 Å². The number of carbonyl (C=O) groups excluding carboxylic acids is 1. The van der Waals surface area contributed by atoms with Gasteiger partial charge in [-0.15, -0.1) is 0 Å². The Bertz CT molecular complexity index is 495. The third kappa shape index (κ3) is 3.42. The summed E-state index contributed by atoms with van der Waals surface area (Å²) in [5.41, 5.74) is 0. The van der Waals surface area contributed by atoms with E-state index >= 15 is 0 Å². The minimum absolute atomic E-state index is 0.130. The summed E-state index contributed by atoms with van der Waals surface area (Å²) in [7, 11) is -3.18. The van der Waals surface area contributed by atoms with Gasteiger partial charge in [-0.05, 0) is 38.5 Å². The summed E-state index contributed by atoms with van der Waals surface area (Å²) in [4.78, 5) is 15.1. The maximum Gasteiger partial charge on any atom is 0.227 e. The molecule has 5 nitrogen and oxygen atoms in total. The zero-order chi connectivity index (χ0) is 15.0. The van der Waals surface area contributed by atoms with Gasteiger partial charge in [0.2, 0.25) is 15.9 Å². The van der Waals surface area contributed by atoms with E-state index in [1.165, 1.54) is 23.4 Å². The van der Waals surface area contributed by atoms with Crippen molar-refractivity contribution in [2.45, 2.75) is 63.5 Å². The monoisotopic (exact) mass is 314 g/mol. The standard InChI is InChI=1S/C15H26N2O3S/c1-21(19,20)16-10-4-5-12(11-16)15(18)17(14-8-9-14)13-6-2-3-7-13/h12-14H,2-11H2,1H3. The van der Waals surface area contributed by atoms with E-state index in [-0.39, 0.29) is 11.8 Å². The summed E-state index contributed by atoms with van der Waals surface area (Å²) in [5, 5.41) is 0. The number of nitrogens with zero attached hydrogens (tertiary/aromatic N) is 2. The lowest BCUT2D eigenvalue weighted by Crippen LogP contribution is -2.49. The Balaban J connectivity index is 1.70. The van der Waals surface area contributed by atoms with Crippen LogP contribution in [0.4, 0.5) is 0 Å². The van der Waals surface area contributed by atoms with Crippen LogP contribution in [-0.4, -0.2) is 55.0 Å². The van der Waals surface area contributed by atoms with Crippen molar-refractivity contribution in [2.24, 2.45) is 5.92 Å².